The Labute approximate surface area is 328 Å². The molecular weight excluding hydrogens is 666 g/mol. The fourth-order valence-corrected chi connectivity index (χ4v) is 6.67. The van der Waals surface area contributed by atoms with E-state index >= 15 is 0 Å². The Bertz CT molecular complexity index is 745. The van der Waals surface area contributed by atoms with Crippen LogP contribution in [0.15, 0.2) is 0 Å². The molecule has 0 rings (SSSR count). The van der Waals surface area contributed by atoms with E-state index in [1.807, 2.05) is 0 Å². The lowest BCUT2D eigenvalue weighted by Crippen LogP contribution is -2.25. The monoisotopic (exact) mass is 756 g/mol. The van der Waals surface area contributed by atoms with Gasteiger partial charge in [0.15, 0.2) is 6.29 Å². The molecule has 0 saturated carbocycles. The van der Waals surface area contributed by atoms with Gasteiger partial charge in [-0.1, -0.05) is 157 Å². The van der Waals surface area contributed by atoms with Crippen LogP contribution in [0.5, 0.6) is 0 Å². The topological polar surface area (TPSA) is 83.5 Å². The summed E-state index contributed by atoms with van der Waals surface area (Å²) in [7, 11) is 0. The van der Waals surface area contributed by atoms with E-state index in [-0.39, 0.29) is 18.4 Å². The molecule has 53 heavy (non-hydrogen) atoms. The van der Waals surface area contributed by atoms with Crippen LogP contribution in [-0.2, 0) is 28.5 Å². The summed E-state index contributed by atoms with van der Waals surface area (Å²) in [5.41, 5.74) is 0. The molecule has 0 aliphatic rings. The zero-order chi connectivity index (χ0) is 38.9. The largest absolute Gasteiger partial charge is 0.508 e. The number of nitrogens with zero attached hydrogens (tertiary/aromatic N) is 1. The average Bonchev–Trinajstić information content (AvgIpc) is 3.16. The van der Waals surface area contributed by atoms with E-state index in [0.717, 1.165) is 77.8 Å². The Hall–Kier alpha value is -1.38. The van der Waals surface area contributed by atoms with Gasteiger partial charge in [0.1, 0.15) is 6.10 Å². The molecule has 0 heterocycles. The van der Waals surface area contributed by atoms with Gasteiger partial charge in [0.25, 0.3) is 0 Å². The molecule has 0 aliphatic heterocycles. The number of rotatable bonds is 42. The Kier molecular flexibility index (Phi) is 40.7. The number of unbranched alkanes of at least 4 members (excludes halogenated alkanes) is 19. The first kappa shape index (κ1) is 51.6. The van der Waals surface area contributed by atoms with Gasteiger partial charge >= 0.3 is 12.1 Å². The summed E-state index contributed by atoms with van der Waals surface area (Å²) in [6.45, 7) is 16.1. The summed E-state index contributed by atoms with van der Waals surface area (Å²) >= 11 is 0. The lowest BCUT2D eigenvalue weighted by atomic mass is 10.0. The Morgan fingerprint density at radius 1 is 0.453 bits per heavy atom. The molecule has 0 aliphatic carbocycles. The van der Waals surface area contributed by atoms with Crippen LogP contribution >= 0.6 is 0 Å². The van der Waals surface area contributed by atoms with Crippen LogP contribution in [0.2, 0.25) is 0 Å². The Balaban J connectivity index is 4.59. The maximum absolute atomic E-state index is 12.6. The molecule has 0 aromatic heterocycles. The second-order valence-electron chi connectivity index (χ2n) is 15.2. The first-order valence-electron chi connectivity index (χ1n) is 22.9. The van der Waals surface area contributed by atoms with Crippen molar-refractivity contribution in [2.45, 2.75) is 233 Å². The SMILES string of the molecule is CCCCCCCCCCCCC(CCCC(=O)OCCCC(OCCCCCCCC)OCCCCCCCC)OC(=O)OCCCN(CC)CC. The molecule has 8 heteroatoms. The maximum atomic E-state index is 12.6. The number of ether oxygens (including phenoxy) is 5. The third kappa shape index (κ3) is 37.3. The Morgan fingerprint density at radius 3 is 1.42 bits per heavy atom. The van der Waals surface area contributed by atoms with Gasteiger partial charge in [0.2, 0.25) is 0 Å². The van der Waals surface area contributed by atoms with Crippen molar-refractivity contribution in [3.63, 3.8) is 0 Å². The van der Waals surface area contributed by atoms with Gasteiger partial charge in [-0.25, -0.2) is 4.79 Å². The highest BCUT2D eigenvalue weighted by Crippen LogP contribution is 2.18. The van der Waals surface area contributed by atoms with Crippen molar-refractivity contribution in [2.24, 2.45) is 0 Å². The van der Waals surface area contributed by atoms with E-state index in [1.54, 1.807) is 0 Å². The van der Waals surface area contributed by atoms with Crippen LogP contribution in [0, 0.1) is 0 Å². The molecule has 8 nitrogen and oxygen atoms in total. The summed E-state index contributed by atoms with van der Waals surface area (Å²) in [5, 5.41) is 0. The van der Waals surface area contributed by atoms with Gasteiger partial charge in [-0.15, -0.1) is 0 Å². The lowest BCUT2D eigenvalue weighted by molar-refractivity contribution is -0.154. The highest BCUT2D eigenvalue weighted by molar-refractivity contribution is 5.69. The summed E-state index contributed by atoms with van der Waals surface area (Å²) in [4.78, 5) is 27.5. The molecule has 0 N–H and O–H groups in total. The summed E-state index contributed by atoms with van der Waals surface area (Å²) in [5.74, 6) is -0.195. The molecule has 1 unspecified atom stereocenters. The van der Waals surface area contributed by atoms with Crippen LogP contribution in [0.4, 0.5) is 4.79 Å². The van der Waals surface area contributed by atoms with Gasteiger partial charge < -0.3 is 28.6 Å². The fourth-order valence-electron chi connectivity index (χ4n) is 6.67. The standard InChI is InChI=1S/C45H89NO7/c1-6-11-14-17-20-21-22-23-24-27-33-42(53-45(48)52-41-32-37-46(9-4)10-5)34-30-35-43(47)49-40-31-36-44(50-38-28-25-18-15-12-7-2)51-39-29-26-19-16-13-8-3/h42,44H,6-41H2,1-5H3. The predicted octanol–water partition coefficient (Wildman–Crippen LogP) is 13.1. The first-order valence-corrected chi connectivity index (χ1v) is 22.9. The molecule has 0 fully saturated rings. The van der Waals surface area contributed by atoms with E-state index in [1.165, 1.54) is 116 Å². The van der Waals surface area contributed by atoms with E-state index in [0.29, 0.717) is 38.9 Å². The van der Waals surface area contributed by atoms with Gasteiger partial charge in [-0.2, -0.15) is 0 Å². The molecule has 0 amide bonds. The number of esters is 1. The van der Waals surface area contributed by atoms with Crippen molar-refractivity contribution in [1.82, 2.24) is 4.90 Å². The lowest BCUT2D eigenvalue weighted by Gasteiger charge is -2.19. The number of hydrogen-bond acceptors (Lipinski definition) is 8. The van der Waals surface area contributed by atoms with Crippen molar-refractivity contribution in [3.8, 4) is 0 Å². The van der Waals surface area contributed by atoms with Crippen molar-refractivity contribution >= 4 is 12.1 Å². The number of hydrogen-bond donors (Lipinski definition) is 0. The summed E-state index contributed by atoms with van der Waals surface area (Å²) < 4.78 is 29.1. The van der Waals surface area contributed by atoms with Crippen molar-refractivity contribution in [3.05, 3.63) is 0 Å². The molecule has 316 valence electrons. The van der Waals surface area contributed by atoms with E-state index in [4.69, 9.17) is 23.7 Å². The zero-order valence-electron chi connectivity index (χ0n) is 35.9. The van der Waals surface area contributed by atoms with E-state index < -0.39 is 6.16 Å². The predicted molar refractivity (Wildman–Crippen MR) is 222 cm³/mol. The summed E-state index contributed by atoms with van der Waals surface area (Å²) in [6.07, 6.45) is 31.0. The average molecular weight is 756 g/mol. The van der Waals surface area contributed by atoms with Crippen LogP contribution in [0.3, 0.4) is 0 Å². The summed E-state index contributed by atoms with van der Waals surface area (Å²) in [6, 6.07) is 0. The Morgan fingerprint density at radius 2 is 0.906 bits per heavy atom. The second-order valence-corrected chi connectivity index (χ2v) is 15.2. The smallest absolute Gasteiger partial charge is 0.466 e. The molecule has 0 aromatic rings. The minimum Gasteiger partial charge on any atom is -0.466 e. The van der Waals surface area contributed by atoms with Gasteiger partial charge in [0, 0.05) is 32.6 Å². The molecule has 0 radical (unpaired) electrons. The highest BCUT2D eigenvalue weighted by Gasteiger charge is 2.17. The van der Waals surface area contributed by atoms with Crippen LogP contribution < -0.4 is 0 Å². The third-order valence-corrected chi connectivity index (χ3v) is 10.2. The minimum absolute atomic E-state index is 0.195. The third-order valence-electron chi connectivity index (χ3n) is 10.2. The molecule has 0 saturated heterocycles. The second kappa shape index (κ2) is 41.8. The van der Waals surface area contributed by atoms with Crippen molar-refractivity contribution < 1.29 is 33.3 Å². The van der Waals surface area contributed by atoms with Gasteiger partial charge in [-0.3, -0.25) is 4.79 Å². The van der Waals surface area contributed by atoms with E-state index in [9.17, 15) is 9.59 Å². The van der Waals surface area contributed by atoms with Crippen molar-refractivity contribution in [1.29, 1.82) is 0 Å². The quantitative estimate of drug-likeness (QED) is 0.0346. The van der Waals surface area contributed by atoms with Crippen LogP contribution in [0.1, 0.15) is 221 Å². The maximum Gasteiger partial charge on any atom is 0.508 e. The first-order chi connectivity index (χ1) is 26.0. The van der Waals surface area contributed by atoms with Gasteiger partial charge in [-0.05, 0) is 64.5 Å². The van der Waals surface area contributed by atoms with Crippen molar-refractivity contribution in [2.75, 3.05) is 46.1 Å². The molecular formula is C45H89NO7. The number of carbonyl (C=O) groups is 2. The number of carbonyl (C=O) groups excluding carboxylic acids is 2. The van der Waals surface area contributed by atoms with Gasteiger partial charge in [0.05, 0.1) is 13.2 Å². The molecule has 0 spiro atoms. The molecule has 0 bridgehead atoms. The van der Waals surface area contributed by atoms with Crippen LogP contribution in [0.25, 0.3) is 0 Å². The minimum atomic E-state index is -0.587. The molecule has 0 aromatic carbocycles. The highest BCUT2D eigenvalue weighted by atomic mass is 16.7. The van der Waals surface area contributed by atoms with E-state index in [2.05, 4.69) is 39.5 Å². The zero-order valence-corrected chi connectivity index (χ0v) is 35.9. The normalized spacial score (nSPS) is 12.1. The molecule has 1 atom stereocenters. The van der Waals surface area contributed by atoms with Crippen LogP contribution in [-0.4, -0.2) is 75.5 Å². The fraction of sp³-hybridized carbons (Fsp3) is 0.956.